The maximum absolute atomic E-state index is 13.2. The Hall–Kier alpha value is -3.43. The zero-order chi connectivity index (χ0) is 22.1. The number of morpholine rings is 1. The number of aromatic nitrogens is 4. The summed E-state index contributed by atoms with van der Waals surface area (Å²) in [6.45, 7) is 2.39. The minimum atomic E-state index is -2.69. The Labute approximate surface area is 182 Å². The molecule has 32 heavy (non-hydrogen) atoms. The van der Waals surface area contributed by atoms with E-state index in [1.54, 1.807) is 12.1 Å². The maximum atomic E-state index is 13.2. The van der Waals surface area contributed by atoms with Gasteiger partial charge in [-0.15, -0.1) is 0 Å². The van der Waals surface area contributed by atoms with Gasteiger partial charge in [0.2, 0.25) is 5.95 Å². The predicted octanol–water partition coefficient (Wildman–Crippen LogP) is 3.95. The van der Waals surface area contributed by atoms with Gasteiger partial charge >= 0.3 is 0 Å². The number of halogens is 2. The van der Waals surface area contributed by atoms with Crippen molar-refractivity contribution in [2.75, 3.05) is 31.2 Å². The van der Waals surface area contributed by atoms with Crippen molar-refractivity contribution in [1.82, 2.24) is 19.9 Å². The molecule has 2 N–H and O–H groups in total. The number of H-pyrrole nitrogens is 1. The van der Waals surface area contributed by atoms with Crippen LogP contribution in [0.5, 0.6) is 0 Å². The third kappa shape index (κ3) is 3.92. The molecule has 0 aliphatic carbocycles. The number of nitrogens with zero attached hydrogens (tertiary/aromatic N) is 4. The lowest BCUT2D eigenvalue weighted by molar-refractivity contribution is 0.122. The van der Waals surface area contributed by atoms with Gasteiger partial charge < -0.3 is 19.7 Å². The number of rotatable bonds is 5. The number of fused-ring (bicyclic) bond motifs is 1. The van der Waals surface area contributed by atoms with Gasteiger partial charge in [-0.3, -0.25) is 0 Å². The van der Waals surface area contributed by atoms with E-state index in [2.05, 4.69) is 9.97 Å². The van der Waals surface area contributed by atoms with E-state index in [4.69, 9.17) is 14.7 Å². The summed E-state index contributed by atoms with van der Waals surface area (Å²) in [5.74, 6) is 0.169. The van der Waals surface area contributed by atoms with Gasteiger partial charge in [-0.25, -0.2) is 23.7 Å². The van der Waals surface area contributed by atoms with Crippen molar-refractivity contribution in [3.63, 3.8) is 0 Å². The number of alkyl halides is 2. The van der Waals surface area contributed by atoms with E-state index in [1.807, 2.05) is 41.3 Å². The quantitative estimate of drug-likeness (QED) is 0.492. The Kier molecular flexibility index (Phi) is 5.50. The van der Waals surface area contributed by atoms with Crippen LogP contribution in [0, 0.1) is 0 Å². The van der Waals surface area contributed by atoms with Gasteiger partial charge in [-0.05, 0) is 23.8 Å². The van der Waals surface area contributed by atoms with Gasteiger partial charge in [0, 0.05) is 24.2 Å². The van der Waals surface area contributed by atoms with Crippen LogP contribution in [0.15, 0.2) is 48.5 Å². The highest BCUT2D eigenvalue weighted by Crippen LogP contribution is 2.32. The first-order valence-corrected chi connectivity index (χ1v) is 10.3. The number of imidazole rings is 1. The van der Waals surface area contributed by atoms with E-state index in [0.717, 1.165) is 11.1 Å². The molecule has 1 fully saturated rings. The third-order valence-corrected chi connectivity index (χ3v) is 5.43. The van der Waals surface area contributed by atoms with Crippen LogP contribution < -0.4 is 4.90 Å². The molecule has 7 nitrogen and oxygen atoms in total. The van der Waals surface area contributed by atoms with E-state index in [-0.39, 0.29) is 12.4 Å². The summed E-state index contributed by atoms with van der Waals surface area (Å²) in [6.07, 6.45) is -2.69. The van der Waals surface area contributed by atoms with Crippen LogP contribution in [0.25, 0.3) is 33.5 Å². The second kappa shape index (κ2) is 8.60. The standard InChI is InChI=1S/C23H21F2N5O2/c24-21(25)22-26-17-6-2-5-16(20(17)29-22)19-12-18(15-4-1-3-14(11-15)13-31)27-23(28-19)30-7-9-32-10-8-30/h1-6,11-12,21,31H,7-10,13H2,(H,26,29). The molecule has 0 amide bonds. The van der Waals surface area contributed by atoms with Crippen LogP contribution in [-0.4, -0.2) is 51.3 Å². The number of nitrogens with one attached hydrogen (secondary N) is 1. The van der Waals surface area contributed by atoms with Crippen molar-refractivity contribution in [1.29, 1.82) is 0 Å². The van der Waals surface area contributed by atoms with Gasteiger partial charge in [-0.1, -0.05) is 30.3 Å². The van der Waals surface area contributed by atoms with Crippen LogP contribution >= 0.6 is 0 Å². The summed E-state index contributed by atoms with van der Waals surface area (Å²) in [4.78, 5) is 18.4. The maximum Gasteiger partial charge on any atom is 0.295 e. The van der Waals surface area contributed by atoms with Crippen molar-refractivity contribution in [3.8, 4) is 22.5 Å². The summed E-state index contributed by atoms with van der Waals surface area (Å²) in [5, 5.41) is 9.54. The number of anilines is 1. The van der Waals surface area contributed by atoms with Gasteiger partial charge in [0.1, 0.15) is 0 Å². The summed E-state index contributed by atoms with van der Waals surface area (Å²) >= 11 is 0. The molecule has 3 heterocycles. The topological polar surface area (TPSA) is 87.2 Å². The molecule has 2 aromatic carbocycles. The van der Waals surface area contributed by atoms with Crippen LogP contribution in [0.4, 0.5) is 14.7 Å². The largest absolute Gasteiger partial charge is 0.392 e. The van der Waals surface area contributed by atoms with E-state index in [1.165, 1.54) is 0 Å². The smallest absolute Gasteiger partial charge is 0.295 e. The van der Waals surface area contributed by atoms with Gasteiger partial charge in [-0.2, -0.15) is 0 Å². The first-order chi connectivity index (χ1) is 15.6. The SMILES string of the molecule is OCc1cccc(-c2cc(-c3cccc4[nH]c(C(F)F)nc34)nc(N3CCOCC3)n2)c1. The Morgan fingerprint density at radius 3 is 2.56 bits per heavy atom. The lowest BCUT2D eigenvalue weighted by atomic mass is 10.0. The van der Waals surface area contributed by atoms with E-state index >= 15 is 0 Å². The third-order valence-electron chi connectivity index (χ3n) is 5.43. The number of aromatic amines is 1. The molecule has 1 saturated heterocycles. The van der Waals surface area contributed by atoms with Gasteiger partial charge in [0.15, 0.2) is 5.82 Å². The molecule has 2 aromatic heterocycles. The fraction of sp³-hybridized carbons (Fsp3) is 0.261. The van der Waals surface area contributed by atoms with E-state index < -0.39 is 6.43 Å². The van der Waals surface area contributed by atoms with Crippen molar-refractivity contribution in [2.45, 2.75) is 13.0 Å². The van der Waals surface area contributed by atoms with E-state index in [0.29, 0.717) is 60.2 Å². The highest BCUT2D eigenvalue weighted by Gasteiger charge is 2.20. The Morgan fingerprint density at radius 1 is 1.00 bits per heavy atom. The zero-order valence-electron chi connectivity index (χ0n) is 17.1. The van der Waals surface area contributed by atoms with Gasteiger partial charge in [0.25, 0.3) is 6.43 Å². The van der Waals surface area contributed by atoms with Crippen molar-refractivity contribution in [2.24, 2.45) is 0 Å². The lowest BCUT2D eigenvalue weighted by Gasteiger charge is -2.27. The van der Waals surface area contributed by atoms with Crippen molar-refractivity contribution in [3.05, 3.63) is 59.9 Å². The Morgan fingerprint density at radius 2 is 1.78 bits per heavy atom. The summed E-state index contributed by atoms with van der Waals surface area (Å²) in [7, 11) is 0. The molecule has 0 spiro atoms. The number of aliphatic hydroxyl groups is 1. The highest BCUT2D eigenvalue weighted by atomic mass is 19.3. The highest BCUT2D eigenvalue weighted by molar-refractivity contribution is 5.91. The van der Waals surface area contributed by atoms with Crippen LogP contribution in [0.1, 0.15) is 17.8 Å². The molecule has 0 radical (unpaired) electrons. The predicted molar refractivity (Wildman–Crippen MR) is 116 cm³/mol. The van der Waals surface area contributed by atoms with Crippen molar-refractivity contribution < 1.29 is 18.6 Å². The number of hydrogen-bond acceptors (Lipinski definition) is 6. The molecule has 0 unspecified atom stereocenters. The van der Waals surface area contributed by atoms with Crippen molar-refractivity contribution >= 4 is 17.0 Å². The van der Waals surface area contributed by atoms with E-state index in [9.17, 15) is 13.9 Å². The second-order valence-electron chi connectivity index (χ2n) is 7.52. The first kappa shape index (κ1) is 20.5. The molecular formula is C23H21F2N5O2. The first-order valence-electron chi connectivity index (χ1n) is 10.3. The number of aliphatic hydroxyl groups excluding tert-OH is 1. The Bertz CT molecular complexity index is 1250. The van der Waals surface area contributed by atoms with Crippen LogP contribution in [-0.2, 0) is 11.3 Å². The number of para-hydroxylation sites is 1. The minimum absolute atomic E-state index is 0.0783. The monoisotopic (exact) mass is 437 g/mol. The average Bonchev–Trinajstić information content (AvgIpc) is 3.29. The second-order valence-corrected chi connectivity index (χ2v) is 7.52. The summed E-state index contributed by atoms with van der Waals surface area (Å²) in [5.41, 5.74) is 4.46. The average molecular weight is 437 g/mol. The van der Waals surface area contributed by atoms with Crippen LogP contribution in [0.3, 0.4) is 0 Å². The molecular weight excluding hydrogens is 416 g/mol. The minimum Gasteiger partial charge on any atom is -0.392 e. The van der Waals surface area contributed by atoms with Gasteiger partial charge in [0.05, 0.1) is 42.2 Å². The molecule has 1 aliphatic rings. The fourth-order valence-electron chi connectivity index (χ4n) is 3.82. The summed E-state index contributed by atoms with van der Waals surface area (Å²) in [6, 6.07) is 14.6. The molecule has 4 aromatic rings. The molecule has 0 atom stereocenters. The molecule has 9 heteroatoms. The number of hydrogen-bond donors (Lipinski definition) is 2. The molecule has 164 valence electrons. The zero-order valence-corrected chi connectivity index (χ0v) is 17.1. The van der Waals surface area contributed by atoms with Crippen LogP contribution in [0.2, 0.25) is 0 Å². The molecule has 0 saturated carbocycles. The molecule has 5 rings (SSSR count). The Balaban J connectivity index is 1.68. The molecule has 0 bridgehead atoms. The fourth-order valence-corrected chi connectivity index (χ4v) is 3.82. The molecule has 1 aliphatic heterocycles. The number of benzene rings is 2. The normalized spacial score (nSPS) is 14.4. The summed E-state index contributed by atoms with van der Waals surface area (Å²) < 4.78 is 31.9. The number of ether oxygens (including phenoxy) is 1. The lowest BCUT2D eigenvalue weighted by Crippen LogP contribution is -2.37.